The second kappa shape index (κ2) is 5.83. The Hall–Kier alpha value is -2.22. The minimum Gasteiger partial charge on any atom is -0.367 e. The minimum atomic E-state index is -0.514. The van der Waals surface area contributed by atoms with Gasteiger partial charge in [0.05, 0.1) is 4.92 Å². The van der Waals surface area contributed by atoms with Crippen LogP contribution in [-0.4, -0.2) is 21.9 Å². The number of hydrogen-bond acceptors (Lipinski definition) is 6. The first kappa shape index (κ1) is 14.2. The summed E-state index contributed by atoms with van der Waals surface area (Å²) in [6.07, 6.45) is 1.27. The zero-order chi connectivity index (χ0) is 14.7. The molecular formula is C12H12BrN5O2. The monoisotopic (exact) mass is 337 g/mol. The Balaban J connectivity index is 2.42. The molecule has 0 aliphatic carbocycles. The van der Waals surface area contributed by atoms with Crippen molar-refractivity contribution in [2.24, 2.45) is 0 Å². The van der Waals surface area contributed by atoms with Crippen molar-refractivity contribution in [3.05, 3.63) is 44.7 Å². The second-order valence-corrected chi connectivity index (χ2v) is 4.87. The maximum Gasteiger partial charge on any atom is 0.353 e. The Labute approximate surface area is 123 Å². The van der Waals surface area contributed by atoms with Gasteiger partial charge in [-0.15, -0.1) is 0 Å². The molecule has 0 fully saturated rings. The van der Waals surface area contributed by atoms with E-state index in [4.69, 9.17) is 0 Å². The van der Waals surface area contributed by atoms with E-state index in [9.17, 15) is 10.1 Å². The molecule has 0 spiro atoms. The van der Waals surface area contributed by atoms with Crippen molar-refractivity contribution in [3.63, 3.8) is 0 Å². The molecule has 1 heterocycles. The van der Waals surface area contributed by atoms with E-state index in [2.05, 4.69) is 36.5 Å². The molecule has 0 saturated heterocycles. The number of nitrogens with one attached hydrogen (secondary N) is 2. The van der Waals surface area contributed by atoms with Gasteiger partial charge in [0, 0.05) is 17.2 Å². The maximum absolute atomic E-state index is 11.2. The highest BCUT2D eigenvalue weighted by Crippen LogP contribution is 2.31. The fourth-order valence-corrected chi connectivity index (χ4v) is 1.93. The molecule has 20 heavy (non-hydrogen) atoms. The van der Waals surface area contributed by atoms with E-state index in [0.717, 1.165) is 15.7 Å². The molecule has 104 valence electrons. The van der Waals surface area contributed by atoms with Crippen LogP contribution in [0.4, 0.5) is 23.0 Å². The van der Waals surface area contributed by atoms with Gasteiger partial charge >= 0.3 is 5.69 Å². The van der Waals surface area contributed by atoms with E-state index >= 15 is 0 Å². The SMILES string of the molecule is CNc1ncnc(Nc2ccc(Br)c(C)c2)c1[N+](=O)[O-]. The van der Waals surface area contributed by atoms with Crippen LogP contribution in [0.1, 0.15) is 5.56 Å². The van der Waals surface area contributed by atoms with Gasteiger partial charge < -0.3 is 10.6 Å². The highest BCUT2D eigenvalue weighted by atomic mass is 79.9. The average molecular weight is 338 g/mol. The number of nitrogens with zero attached hydrogens (tertiary/aromatic N) is 3. The third-order valence-electron chi connectivity index (χ3n) is 2.66. The molecule has 7 nitrogen and oxygen atoms in total. The first-order valence-corrected chi connectivity index (χ1v) is 6.52. The predicted molar refractivity (Wildman–Crippen MR) is 80.4 cm³/mol. The zero-order valence-corrected chi connectivity index (χ0v) is 12.4. The van der Waals surface area contributed by atoms with Crippen molar-refractivity contribution >= 4 is 38.9 Å². The molecule has 0 amide bonds. The largest absolute Gasteiger partial charge is 0.367 e. The summed E-state index contributed by atoms with van der Waals surface area (Å²) in [4.78, 5) is 18.4. The molecule has 1 aromatic heterocycles. The summed E-state index contributed by atoms with van der Waals surface area (Å²) < 4.78 is 0.969. The van der Waals surface area contributed by atoms with Crippen LogP contribution in [0.5, 0.6) is 0 Å². The third kappa shape index (κ3) is 2.85. The number of nitro groups is 1. The molecule has 8 heteroatoms. The van der Waals surface area contributed by atoms with Crippen LogP contribution in [0, 0.1) is 17.0 Å². The van der Waals surface area contributed by atoms with Crippen molar-refractivity contribution in [2.75, 3.05) is 17.7 Å². The average Bonchev–Trinajstić information content (AvgIpc) is 2.42. The molecule has 0 unspecified atom stereocenters. The maximum atomic E-state index is 11.2. The Morgan fingerprint density at radius 1 is 1.30 bits per heavy atom. The van der Waals surface area contributed by atoms with Crippen LogP contribution >= 0.6 is 15.9 Å². The Kier molecular flexibility index (Phi) is 4.14. The smallest absolute Gasteiger partial charge is 0.353 e. The van der Waals surface area contributed by atoms with E-state index in [1.54, 1.807) is 7.05 Å². The second-order valence-electron chi connectivity index (χ2n) is 4.02. The molecule has 1 aromatic carbocycles. The van der Waals surface area contributed by atoms with E-state index in [1.807, 2.05) is 25.1 Å². The van der Waals surface area contributed by atoms with Crippen LogP contribution in [0.2, 0.25) is 0 Å². The van der Waals surface area contributed by atoms with Crippen molar-refractivity contribution < 1.29 is 4.92 Å². The highest BCUT2D eigenvalue weighted by Gasteiger charge is 2.22. The van der Waals surface area contributed by atoms with E-state index < -0.39 is 4.92 Å². The van der Waals surface area contributed by atoms with Crippen molar-refractivity contribution in [1.29, 1.82) is 0 Å². The van der Waals surface area contributed by atoms with E-state index in [1.165, 1.54) is 6.33 Å². The van der Waals surface area contributed by atoms with Gasteiger partial charge in [-0.1, -0.05) is 15.9 Å². The summed E-state index contributed by atoms with van der Waals surface area (Å²) in [5.74, 6) is 0.317. The molecule has 0 bridgehead atoms. The van der Waals surface area contributed by atoms with Gasteiger partial charge in [-0.25, -0.2) is 9.97 Å². The Morgan fingerprint density at radius 3 is 2.60 bits per heavy atom. The number of aryl methyl sites for hydroxylation is 1. The van der Waals surface area contributed by atoms with Gasteiger partial charge in [-0.3, -0.25) is 10.1 Å². The molecule has 2 aromatic rings. The highest BCUT2D eigenvalue weighted by molar-refractivity contribution is 9.10. The lowest BCUT2D eigenvalue weighted by Gasteiger charge is -2.09. The third-order valence-corrected chi connectivity index (χ3v) is 3.55. The van der Waals surface area contributed by atoms with Gasteiger partial charge in [0.25, 0.3) is 0 Å². The standard InChI is InChI=1S/C12H12BrN5O2/c1-7-5-8(3-4-9(7)13)17-12-10(18(19)20)11(14-2)15-6-16-12/h3-6H,1-2H3,(H2,14,15,16,17). The van der Waals surface area contributed by atoms with Gasteiger partial charge in [0.1, 0.15) is 6.33 Å². The number of anilines is 3. The lowest BCUT2D eigenvalue weighted by Crippen LogP contribution is -2.05. The fourth-order valence-electron chi connectivity index (χ4n) is 1.69. The topological polar surface area (TPSA) is 93.0 Å². The first-order valence-electron chi connectivity index (χ1n) is 5.73. The minimum absolute atomic E-state index is 0.149. The number of aromatic nitrogens is 2. The Bertz CT molecular complexity index is 662. The zero-order valence-electron chi connectivity index (χ0n) is 10.8. The van der Waals surface area contributed by atoms with Crippen molar-refractivity contribution in [1.82, 2.24) is 9.97 Å². The molecule has 2 N–H and O–H groups in total. The molecule has 0 saturated carbocycles. The summed E-state index contributed by atoms with van der Waals surface area (Å²) >= 11 is 3.40. The van der Waals surface area contributed by atoms with Crippen LogP contribution in [0.3, 0.4) is 0 Å². The first-order chi connectivity index (χ1) is 9.52. The predicted octanol–water partition coefficient (Wildman–Crippen LogP) is 3.24. The van der Waals surface area contributed by atoms with Gasteiger partial charge in [0.2, 0.25) is 11.6 Å². The van der Waals surface area contributed by atoms with Crippen LogP contribution in [-0.2, 0) is 0 Å². The lowest BCUT2D eigenvalue weighted by atomic mass is 10.2. The van der Waals surface area contributed by atoms with Crippen molar-refractivity contribution in [3.8, 4) is 0 Å². The number of hydrogen-bond donors (Lipinski definition) is 2. The van der Waals surface area contributed by atoms with Gasteiger partial charge in [-0.2, -0.15) is 0 Å². The van der Waals surface area contributed by atoms with E-state index in [-0.39, 0.29) is 17.3 Å². The summed E-state index contributed by atoms with van der Waals surface area (Å²) in [6.45, 7) is 1.93. The van der Waals surface area contributed by atoms with E-state index in [0.29, 0.717) is 0 Å². The molecular weight excluding hydrogens is 326 g/mol. The summed E-state index contributed by atoms with van der Waals surface area (Å²) in [5, 5.41) is 16.8. The van der Waals surface area contributed by atoms with Crippen LogP contribution in [0.15, 0.2) is 29.0 Å². The Morgan fingerprint density at radius 2 is 2.00 bits per heavy atom. The number of benzene rings is 1. The quantitative estimate of drug-likeness (QED) is 0.657. The molecule has 0 aliphatic rings. The molecule has 0 atom stereocenters. The number of rotatable bonds is 4. The van der Waals surface area contributed by atoms with Gasteiger partial charge in [0.15, 0.2) is 0 Å². The normalized spacial score (nSPS) is 10.2. The number of halogens is 1. The summed E-state index contributed by atoms with van der Waals surface area (Å²) in [6, 6.07) is 5.54. The molecule has 0 radical (unpaired) electrons. The lowest BCUT2D eigenvalue weighted by molar-refractivity contribution is -0.383. The fraction of sp³-hybridized carbons (Fsp3) is 0.167. The van der Waals surface area contributed by atoms with Gasteiger partial charge in [-0.05, 0) is 30.7 Å². The molecule has 2 rings (SSSR count). The van der Waals surface area contributed by atoms with Crippen LogP contribution in [0.25, 0.3) is 0 Å². The van der Waals surface area contributed by atoms with Crippen LogP contribution < -0.4 is 10.6 Å². The molecule has 0 aliphatic heterocycles. The summed E-state index contributed by atoms with van der Waals surface area (Å²) in [7, 11) is 1.57. The summed E-state index contributed by atoms with van der Waals surface area (Å²) in [5.41, 5.74) is 1.55. The van der Waals surface area contributed by atoms with Crippen molar-refractivity contribution in [2.45, 2.75) is 6.92 Å².